The molecule has 0 amide bonds. The third-order valence-electron chi connectivity index (χ3n) is 6.37. The quantitative estimate of drug-likeness (QED) is 0.251. The van der Waals surface area contributed by atoms with Crippen molar-refractivity contribution in [3.8, 4) is 0 Å². The minimum absolute atomic E-state index is 0.0973. The molecule has 0 aromatic heterocycles. The standard InChI is InChI=1S/C27H24ClF4NO4S/c1-2-37-26(34)19-14-18-11-9-17(10-12-22-23(28)7-4-8-24(22)29)13-25(18)33(16-19)38(35,36)21-6-3-5-20(15-21)27(30,31)32/h3-9,11,13,15,19H,2,10,12,14,16H2,1H3. The molecule has 0 saturated carbocycles. The van der Waals surface area contributed by atoms with E-state index in [1.807, 2.05) is 0 Å². The number of benzene rings is 3. The topological polar surface area (TPSA) is 63.7 Å². The first-order valence-corrected chi connectivity index (χ1v) is 13.6. The van der Waals surface area contributed by atoms with Crippen molar-refractivity contribution in [1.82, 2.24) is 0 Å². The van der Waals surface area contributed by atoms with Crippen LogP contribution in [0.5, 0.6) is 0 Å². The molecule has 5 nitrogen and oxygen atoms in total. The molecule has 0 radical (unpaired) electrons. The normalized spacial score (nSPS) is 15.7. The van der Waals surface area contributed by atoms with E-state index in [-0.39, 0.29) is 36.7 Å². The zero-order valence-electron chi connectivity index (χ0n) is 20.3. The summed E-state index contributed by atoms with van der Waals surface area (Å²) in [5, 5.41) is 0.272. The Balaban J connectivity index is 1.74. The molecule has 4 rings (SSSR count). The maximum Gasteiger partial charge on any atom is 0.416 e. The molecule has 0 bridgehead atoms. The predicted octanol–water partition coefficient (Wildman–Crippen LogP) is 6.21. The van der Waals surface area contributed by atoms with Crippen LogP contribution < -0.4 is 4.31 Å². The molecule has 38 heavy (non-hydrogen) atoms. The summed E-state index contributed by atoms with van der Waals surface area (Å²) in [6, 6.07) is 12.9. The van der Waals surface area contributed by atoms with Crippen LogP contribution in [0.1, 0.15) is 29.2 Å². The van der Waals surface area contributed by atoms with Gasteiger partial charge in [0.25, 0.3) is 10.0 Å². The van der Waals surface area contributed by atoms with Crippen LogP contribution in [0.3, 0.4) is 0 Å². The molecule has 1 aliphatic rings. The number of halogens is 5. The van der Waals surface area contributed by atoms with Gasteiger partial charge in [-0.3, -0.25) is 9.10 Å². The van der Waals surface area contributed by atoms with Crippen molar-refractivity contribution < 1.29 is 35.5 Å². The van der Waals surface area contributed by atoms with Gasteiger partial charge in [0.05, 0.1) is 28.7 Å². The summed E-state index contributed by atoms with van der Waals surface area (Å²) in [6.45, 7) is 1.42. The lowest BCUT2D eigenvalue weighted by Crippen LogP contribution is -2.43. The van der Waals surface area contributed by atoms with E-state index in [0.29, 0.717) is 29.2 Å². The highest BCUT2D eigenvalue weighted by Crippen LogP contribution is 2.37. The third-order valence-corrected chi connectivity index (χ3v) is 8.50. The second kappa shape index (κ2) is 10.9. The molecule has 0 N–H and O–H groups in total. The minimum Gasteiger partial charge on any atom is -0.466 e. The van der Waals surface area contributed by atoms with Crippen LogP contribution in [-0.2, 0) is 45.0 Å². The van der Waals surface area contributed by atoms with Crippen molar-refractivity contribution in [2.24, 2.45) is 5.92 Å². The van der Waals surface area contributed by atoms with Gasteiger partial charge in [-0.25, -0.2) is 12.8 Å². The van der Waals surface area contributed by atoms with Crippen molar-refractivity contribution in [1.29, 1.82) is 0 Å². The van der Waals surface area contributed by atoms with E-state index < -0.39 is 44.4 Å². The molecule has 3 aromatic rings. The molecule has 1 unspecified atom stereocenters. The number of fused-ring (bicyclic) bond motifs is 1. The molecule has 0 fully saturated rings. The summed E-state index contributed by atoms with van der Waals surface area (Å²) in [5.41, 5.74) is 0.662. The van der Waals surface area contributed by atoms with Crippen LogP contribution >= 0.6 is 11.6 Å². The fraction of sp³-hybridized carbons (Fsp3) is 0.296. The lowest BCUT2D eigenvalue weighted by Gasteiger charge is -2.34. The first-order chi connectivity index (χ1) is 17.9. The van der Waals surface area contributed by atoms with Crippen molar-refractivity contribution in [3.05, 3.63) is 93.8 Å². The highest BCUT2D eigenvalue weighted by Gasteiger charge is 2.38. The molecule has 1 atom stereocenters. The lowest BCUT2D eigenvalue weighted by molar-refractivity contribution is -0.147. The first-order valence-electron chi connectivity index (χ1n) is 11.8. The number of nitrogens with zero attached hydrogens (tertiary/aromatic N) is 1. The van der Waals surface area contributed by atoms with E-state index in [0.717, 1.165) is 22.5 Å². The van der Waals surface area contributed by atoms with Crippen LogP contribution in [0.25, 0.3) is 0 Å². The summed E-state index contributed by atoms with van der Waals surface area (Å²) in [4.78, 5) is 12.0. The lowest BCUT2D eigenvalue weighted by atomic mass is 9.92. The Morgan fingerprint density at radius 2 is 1.82 bits per heavy atom. The third kappa shape index (κ3) is 5.81. The molecule has 3 aromatic carbocycles. The van der Waals surface area contributed by atoms with E-state index in [1.54, 1.807) is 31.2 Å². The highest BCUT2D eigenvalue weighted by molar-refractivity contribution is 7.92. The summed E-state index contributed by atoms with van der Waals surface area (Å²) in [7, 11) is -4.49. The Labute approximate surface area is 223 Å². The van der Waals surface area contributed by atoms with Crippen molar-refractivity contribution in [2.75, 3.05) is 17.5 Å². The van der Waals surface area contributed by atoms with Gasteiger partial charge in [-0.2, -0.15) is 13.2 Å². The fourth-order valence-corrected chi connectivity index (χ4v) is 6.29. The zero-order valence-corrected chi connectivity index (χ0v) is 21.8. The van der Waals surface area contributed by atoms with E-state index in [2.05, 4.69) is 0 Å². The van der Waals surface area contributed by atoms with Crippen LogP contribution in [0.2, 0.25) is 5.02 Å². The number of carbonyl (C=O) groups is 1. The van der Waals surface area contributed by atoms with Crippen LogP contribution in [-0.4, -0.2) is 27.5 Å². The average Bonchev–Trinajstić information content (AvgIpc) is 2.87. The number of hydrogen-bond donors (Lipinski definition) is 0. The van der Waals surface area contributed by atoms with Gasteiger partial charge in [0.2, 0.25) is 0 Å². The maximum atomic E-state index is 14.2. The number of anilines is 1. The van der Waals surface area contributed by atoms with Gasteiger partial charge in [0.15, 0.2) is 0 Å². The Morgan fingerprint density at radius 1 is 1.08 bits per heavy atom. The number of sulfonamides is 1. The molecule has 1 aliphatic heterocycles. The molecular formula is C27H24ClF4NO4S. The number of esters is 1. The van der Waals surface area contributed by atoms with Crippen molar-refractivity contribution in [2.45, 2.75) is 37.3 Å². The largest absolute Gasteiger partial charge is 0.466 e. The van der Waals surface area contributed by atoms with Crippen LogP contribution in [0, 0.1) is 11.7 Å². The molecule has 0 saturated heterocycles. The number of aryl methyl sites for hydroxylation is 1. The van der Waals surface area contributed by atoms with Gasteiger partial charge in [0.1, 0.15) is 5.82 Å². The van der Waals surface area contributed by atoms with Crippen LogP contribution in [0.15, 0.2) is 65.6 Å². The van der Waals surface area contributed by atoms with Gasteiger partial charge in [-0.1, -0.05) is 35.9 Å². The van der Waals surface area contributed by atoms with E-state index >= 15 is 0 Å². The number of ether oxygens (including phenoxy) is 1. The Bertz CT molecular complexity index is 1440. The van der Waals surface area contributed by atoms with Gasteiger partial charge >= 0.3 is 12.1 Å². The molecule has 202 valence electrons. The second-order valence-corrected chi connectivity index (χ2v) is 11.1. The summed E-state index contributed by atoms with van der Waals surface area (Å²) >= 11 is 6.13. The van der Waals surface area contributed by atoms with Gasteiger partial charge in [0, 0.05) is 17.1 Å². The molecule has 1 heterocycles. The highest BCUT2D eigenvalue weighted by atomic mass is 35.5. The Hall–Kier alpha value is -3.11. The molecule has 0 spiro atoms. The average molecular weight is 570 g/mol. The number of carbonyl (C=O) groups excluding carboxylic acids is 1. The minimum atomic E-state index is -4.74. The smallest absolute Gasteiger partial charge is 0.416 e. The van der Waals surface area contributed by atoms with E-state index in [9.17, 15) is 30.8 Å². The summed E-state index contributed by atoms with van der Waals surface area (Å²) < 4.78 is 87.6. The number of hydrogen-bond acceptors (Lipinski definition) is 4. The molecular weight excluding hydrogens is 546 g/mol. The van der Waals surface area contributed by atoms with E-state index in [4.69, 9.17) is 16.3 Å². The monoisotopic (exact) mass is 569 g/mol. The summed E-state index contributed by atoms with van der Waals surface area (Å²) in [6.07, 6.45) is -3.97. The SMILES string of the molecule is CCOC(=O)C1Cc2ccc(CCc3c(F)cccc3Cl)cc2N(S(=O)(=O)c2cccc(C(F)(F)F)c2)C1. The number of alkyl halides is 3. The van der Waals surface area contributed by atoms with Gasteiger partial charge in [-0.15, -0.1) is 0 Å². The van der Waals surface area contributed by atoms with Crippen molar-refractivity contribution in [3.63, 3.8) is 0 Å². The van der Waals surface area contributed by atoms with Crippen molar-refractivity contribution >= 4 is 33.3 Å². The molecule has 11 heteroatoms. The van der Waals surface area contributed by atoms with Crippen LogP contribution in [0.4, 0.5) is 23.2 Å². The maximum absolute atomic E-state index is 14.2. The van der Waals surface area contributed by atoms with Gasteiger partial charge < -0.3 is 4.74 Å². The zero-order chi connectivity index (χ0) is 27.7. The molecule has 0 aliphatic carbocycles. The first kappa shape index (κ1) is 27.9. The van der Waals surface area contributed by atoms with E-state index in [1.165, 1.54) is 12.1 Å². The number of rotatable bonds is 7. The fourth-order valence-electron chi connectivity index (χ4n) is 4.44. The summed E-state index contributed by atoms with van der Waals surface area (Å²) in [5.74, 6) is -1.90. The predicted molar refractivity (Wildman–Crippen MR) is 135 cm³/mol. The second-order valence-electron chi connectivity index (χ2n) is 8.88. The Morgan fingerprint density at radius 3 is 2.50 bits per heavy atom. The van der Waals surface area contributed by atoms with Gasteiger partial charge in [-0.05, 0) is 73.7 Å². The Kier molecular flexibility index (Phi) is 8.04.